The minimum Gasteiger partial charge on any atom is -0.326 e. The molecule has 1 aromatic rings. The number of hydrogen-bond acceptors (Lipinski definition) is 4. The molecule has 2 amide bonds. The SMILES string of the molecule is CCCCN=C1S[C@@H](CC(=O)Nc2ccccc2)C(=O)N1CCCC. The Morgan fingerprint density at radius 3 is 2.60 bits per heavy atom. The molecule has 5 nitrogen and oxygen atoms in total. The van der Waals surface area contributed by atoms with Crippen LogP contribution in [0.1, 0.15) is 46.0 Å². The molecule has 25 heavy (non-hydrogen) atoms. The number of benzene rings is 1. The van der Waals surface area contributed by atoms with Gasteiger partial charge in [-0.3, -0.25) is 19.5 Å². The van der Waals surface area contributed by atoms with Crippen molar-refractivity contribution in [1.82, 2.24) is 4.90 Å². The van der Waals surface area contributed by atoms with Gasteiger partial charge in [0.05, 0.1) is 0 Å². The van der Waals surface area contributed by atoms with Gasteiger partial charge in [-0.1, -0.05) is 56.7 Å². The molecule has 0 aliphatic carbocycles. The van der Waals surface area contributed by atoms with E-state index in [0.29, 0.717) is 6.54 Å². The number of rotatable bonds is 9. The van der Waals surface area contributed by atoms with Gasteiger partial charge in [0.1, 0.15) is 5.25 Å². The van der Waals surface area contributed by atoms with Crippen LogP contribution in [0.15, 0.2) is 35.3 Å². The summed E-state index contributed by atoms with van der Waals surface area (Å²) in [5, 5.41) is 3.26. The summed E-state index contributed by atoms with van der Waals surface area (Å²) in [7, 11) is 0. The summed E-state index contributed by atoms with van der Waals surface area (Å²) in [4.78, 5) is 31.3. The van der Waals surface area contributed by atoms with Gasteiger partial charge in [0.15, 0.2) is 5.17 Å². The van der Waals surface area contributed by atoms with E-state index >= 15 is 0 Å². The number of carbonyl (C=O) groups is 2. The first-order valence-electron chi connectivity index (χ1n) is 9.03. The number of para-hydroxylation sites is 1. The fourth-order valence-corrected chi connectivity index (χ4v) is 3.71. The predicted molar refractivity (Wildman–Crippen MR) is 105 cm³/mol. The summed E-state index contributed by atoms with van der Waals surface area (Å²) in [6, 6.07) is 9.32. The van der Waals surface area contributed by atoms with Crippen molar-refractivity contribution in [2.24, 2.45) is 4.99 Å². The monoisotopic (exact) mass is 361 g/mol. The third-order valence-corrected chi connectivity index (χ3v) is 5.16. The normalized spacial score (nSPS) is 18.8. The van der Waals surface area contributed by atoms with Crippen LogP contribution < -0.4 is 5.32 Å². The molecule has 136 valence electrons. The topological polar surface area (TPSA) is 61.8 Å². The second kappa shape index (κ2) is 10.2. The molecule has 1 fully saturated rings. The van der Waals surface area contributed by atoms with Crippen molar-refractivity contribution >= 4 is 34.4 Å². The smallest absolute Gasteiger partial charge is 0.242 e. The minimum absolute atomic E-state index is 0.0110. The number of nitrogens with zero attached hydrogens (tertiary/aromatic N) is 2. The van der Waals surface area contributed by atoms with Crippen molar-refractivity contribution < 1.29 is 9.59 Å². The van der Waals surface area contributed by atoms with Crippen molar-refractivity contribution in [2.45, 2.75) is 51.2 Å². The van der Waals surface area contributed by atoms with E-state index in [4.69, 9.17) is 0 Å². The van der Waals surface area contributed by atoms with Gasteiger partial charge in [-0.2, -0.15) is 0 Å². The Bertz CT molecular complexity index is 604. The highest BCUT2D eigenvalue weighted by Gasteiger charge is 2.38. The Balaban J connectivity index is 1.98. The second-order valence-electron chi connectivity index (χ2n) is 6.09. The van der Waals surface area contributed by atoms with Crippen LogP contribution in [-0.2, 0) is 9.59 Å². The molecule has 1 aliphatic heterocycles. The molecule has 2 rings (SSSR count). The zero-order chi connectivity index (χ0) is 18.1. The zero-order valence-electron chi connectivity index (χ0n) is 15.0. The van der Waals surface area contributed by atoms with Crippen LogP contribution in [-0.4, -0.2) is 40.2 Å². The van der Waals surface area contributed by atoms with E-state index in [9.17, 15) is 9.59 Å². The average Bonchev–Trinajstić information content (AvgIpc) is 2.89. The molecule has 1 saturated heterocycles. The highest BCUT2D eigenvalue weighted by Crippen LogP contribution is 2.30. The molecule has 6 heteroatoms. The lowest BCUT2D eigenvalue weighted by Crippen LogP contribution is -2.34. The van der Waals surface area contributed by atoms with Crippen LogP contribution in [0.25, 0.3) is 0 Å². The molecule has 0 aromatic heterocycles. The maximum absolute atomic E-state index is 12.7. The average molecular weight is 362 g/mol. The summed E-state index contributed by atoms with van der Waals surface area (Å²) in [6.07, 6.45) is 4.23. The van der Waals surface area contributed by atoms with E-state index in [0.717, 1.165) is 43.1 Å². The van der Waals surface area contributed by atoms with Crippen molar-refractivity contribution in [3.63, 3.8) is 0 Å². The van der Waals surface area contributed by atoms with Gasteiger partial charge in [-0.05, 0) is 25.0 Å². The molecular weight excluding hydrogens is 334 g/mol. The van der Waals surface area contributed by atoms with Gasteiger partial charge in [0.25, 0.3) is 0 Å². The van der Waals surface area contributed by atoms with Gasteiger partial charge >= 0.3 is 0 Å². The van der Waals surface area contributed by atoms with Crippen molar-refractivity contribution in [3.8, 4) is 0 Å². The number of anilines is 1. The minimum atomic E-state index is -0.374. The fraction of sp³-hybridized carbons (Fsp3) is 0.526. The van der Waals surface area contributed by atoms with Crippen LogP contribution >= 0.6 is 11.8 Å². The van der Waals surface area contributed by atoms with E-state index in [1.807, 2.05) is 30.3 Å². The molecule has 0 radical (unpaired) electrons. The summed E-state index contributed by atoms with van der Waals surface area (Å²) in [6.45, 7) is 5.65. The number of thioether (sulfide) groups is 1. The second-order valence-corrected chi connectivity index (χ2v) is 7.26. The molecule has 0 unspecified atom stereocenters. The largest absolute Gasteiger partial charge is 0.326 e. The first-order chi connectivity index (χ1) is 12.2. The van der Waals surface area contributed by atoms with Crippen LogP contribution in [0, 0.1) is 0 Å². The van der Waals surface area contributed by atoms with Crippen LogP contribution in [0.3, 0.4) is 0 Å². The maximum Gasteiger partial charge on any atom is 0.242 e. The third kappa shape index (κ3) is 5.88. The standard InChI is InChI=1S/C19H27N3O2S/c1-3-5-12-20-19-22(13-6-4-2)18(24)16(25-19)14-17(23)21-15-10-8-7-9-11-15/h7-11,16H,3-6,12-14H2,1-2H3,(H,21,23)/t16-/m0/s1. The predicted octanol–water partition coefficient (Wildman–Crippen LogP) is 3.92. The van der Waals surface area contributed by atoms with Crippen molar-refractivity contribution in [2.75, 3.05) is 18.4 Å². The summed E-state index contributed by atoms with van der Waals surface area (Å²) in [5.74, 6) is -0.126. The van der Waals surface area contributed by atoms with Crippen molar-refractivity contribution in [1.29, 1.82) is 0 Å². The number of hydrogen-bond donors (Lipinski definition) is 1. The molecule has 1 N–H and O–H groups in total. The molecule has 1 heterocycles. The van der Waals surface area contributed by atoms with Gasteiger partial charge in [-0.15, -0.1) is 0 Å². The van der Waals surface area contributed by atoms with Crippen LogP contribution in [0.2, 0.25) is 0 Å². The van der Waals surface area contributed by atoms with Gasteiger partial charge in [0.2, 0.25) is 11.8 Å². The molecular formula is C19H27N3O2S. The summed E-state index contributed by atoms with van der Waals surface area (Å²) in [5.41, 5.74) is 0.752. The molecule has 0 saturated carbocycles. The molecule has 1 aromatic carbocycles. The highest BCUT2D eigenvalue weighted by atomic mass is 32.2. The zero-order valence-corrected chi connectivity index (χ0v) is 15.8. The Morgan fingerprint density at radius 1 is 1.20 bits per heavy atom. The third-order valence-electron chi connectivity index (χ3n) is 3.94. The fourth-order valence-electron chi connectivity index (χ4n) is 2.52. The van der Waals surface area contributed by atoms with Crippen LogP contribution in [0.4, 0.5) is 5.69 Å². The van der Waals surface area contributed by atoms with E-state index in [1.54, 1.807) is 4.90 Å². The molecule has 0 spiro atoms. The highest BCUT2D eigenvalue weighted by molar-refractivity contribution is 8.15. The number of unbranched alkanes of at least 4 members (excludes halogenated alkanes) is 2. The first kappa shape index (κ1) is 19.5. The van der Waals surface area contributed by atoms with Crippen molar-refractivity contribution in [3.05, 3.63) is 30.3 Å². The van der Waals surface area contributed by atoms with Gasteiger partial charge in [-0.25, -0.2) is 0 Å². The molecule has 1 atom stereocenters. The molecule has 1 aliphatic rings. The lowest BCUT2D eigenvalue weighted by atomic mass is 10.2. The lowest BCUT2D eigenvalue weighted by Gasteiger charge is -2.15. The molecule has 0 bridgehead atoms. The van der Waals surface area contributed by atoms with E-state index in [1.165, 1.54) is 11.8 Å². The van der Waals surface area contributed by atoms with E-state index < -0.39 is 0 Å². The van der Waals surface area contributed by atoms with Gasteiger partial charge < -0.3 is 5.32 Å². The quantitative estimate of drug-likeness (QED) is 0.678. The van der Waals surface area contributed by atoms with E-state index in [-0.39, 0.29) is 23.5 Å². The number of nitrogens with one attached hydrogen (secondary N) is 1. The maximum atomic E-state index is 12.7. The Labute approximate surface area is 154 Å². The lowest BCUT2D eigenvalue weighted by molar-refractivity contribution is -0.128. The van der Waals surface area contributed by atoms with Crippen LogP contribution in [0.5, 0.6) is 0 Å². The first-order valence-corrected chi connectivity index (χ1v) is 9.91. The number of aliphatic imine (C=N–C) groups is 1. The number of amides is 2. The Kier molecular flexibility index (Phi) is 7.98. The van der Waals surface area contributed by atoms with Gasteiger partial charge in [0, 0.05) is 25.2 Å². The van der Waals surface area contributed by atoms with E-state index in [2.05, 4.69) is 24.2 Å². The summed E-state index contributed by atoms with van der Waals surface area (Å²) >= 11 is 1.43. The Hall–Kier alpha value is -1.82. The number of carbonyl (C=O) groups excluding carboxylic acids is 2. The number of amidine groups is 1. The summed E-state index contributed by atoms with van der Waals surface area (Å²) < 4.78 is 0. The Morgan fingerprint density at radius 2 is 1.92 bits per heavy atom.